The number of aliphatic carboxylic acids is 2. The Labute approximate surface area is 176 Å². The number of nitrogens with one attached hydrogen (secondary N) is 2. The van der Waals surface area contributed by atoms with Crippen molar-refractivity contribution in [3.8, 4) is 0 Å². The summed E-state index contributed by atoms with van der Waals surface area (Å²) >= 11 is 0. The lowest BCUT2D eigenvalue weighted by Gasteiger charge is -2.19. The second-order valence-corrected chi connectivity index (χ2v) is 6.66. The maximum absolute atomic E-state index is 11.0. The van der Waals surface area contributed by atoms with Gasteiger partial charge in [0, 0.05) is 6.54 Å². The molecular formula is C20H34N4O6. The van der Waals surface area contributed by atoms with Crippen LogP contribution >= 0.6 is 0 Å². The smallest absolute Gasteiger partial charge is 0.336 e. The van der Waals surface area contributed by atoms with Crippen molar-refractivity contribution in [1.29, 1.82) is 0 Å². The Balaban J connectivity index is 0.000000642. The first-order chi connectivity index (χ1) is 14.3. The number of hydrogen-bond acceptors (Lipinski definition) is 7. The Kier molecular flexibility index (Phi) is 14.9. The van der Waals surface area contributed by atoms with Gasteiger partial charge in [-0.3, -0.25) is 9.59 Å². The molecule has 1 aromatic carbocycles. The maximum atomic E-state index is 11.0. The zero-order valence-electron chi connectivity index (χ0n) is 17.3. The number of carbonyl (C=O) groups is 3. The number of hydrogen-bond donors (Lipinski definition) is 7. The normalized spacial score (nSPS) is 12.4. The molecule has 0 bridgehead atoms. The molecule has 0 aliphatic rings. The van der Waals surface area contributed by atoms with E-state index < -0.39 is 30.0 Å². The van der Waals surface area contributed by atoms with Gasteiger partial charge in [0.1, 0.15) is 12.1 Å². The zero-order valence-corrected chi connectivity index (χ0v) is 17.3. The van der Waals surface area contributed by atoms with Gasteiger partial charge in [-0.25, -0.2) is 15.6 Å². The number of carboxylic acids is 3. The molecule has 0 unspecified atom stereocenters. The standard InChI is InChI=1S/C12H25N3O4.C8H9NO2/c1-2-3-6-9(11(16)17)14-15-10(12(18)19)7-4-5-8-13;9-5-6-3-1-2-4-7(6)8(10)11/h9-10,14-15H,2-8,13H2,1H3,(H,16,17)(H,18,19);1-4H,5,9H2,(H,10,11)/t9-,10-;/m0./s1. The highest BCUT2D eigenvalue weighted by Gasteiger charge is 2.21. The monoisotopic (exact) mass is 426 g/mol. The lowest BCUT2D eigenvalue weighted by atomic mass is 10.1. The van der Waals surface area contributed by atoms with Crippen molar-refractivity contribution >= 4 is 17.9 Å². The predicted octanol–water partition coefficient (Wildman–Crippen LogP) is 1.15. The van der Waals surface area contributed by atoms with E-state index in [9.17, 15) is 14.4 Å². The molecule has 30 heavy (non-hydrogen) atoms. The first-order valence-corrected chi connectivity index (χ1v) is 9.96. The maximum Gasteiger partial charge on any atom is 0.336 e. The summed E-state index contributed by atoms with van der Waals surface area (Å²) in [5.41, 5.74) is 16.8. The summed E-state index contributed by atoms with van der Waals surface area (Å²) in [5, 5.41) is 26.7. The molecule has 0 aliphatic carbocycles. The second kappa shape index (κ2) is 16.3. The fourth-order valence-corrected chi connectivity index (χ4v) is 2.52. The molecule has 2 atom stereocenters. The third-order valence-corrected chi connectivity index (χ3v) is 4.29. The summed E-state index contributed by atoms with van der Waals surface area (Å²) in [6, 6.07) is 5.15. The highest BCUT2D eigenvalue weighted by Crippen LogP contribution is 2.07. The van der Waals surface area contributed by atoms with Crippen molar-refractivity contribution in [2.75, 3.05) is 6.54 Å². The summed E-state index contributed by atoms with van der Waals surface area (Å²) in [5.74, 6) is -2.90. The fourth-order valence-electron chi connectivity index (χ4n) is 2.52. The molecule has 0 aromatic heterocycles. The SMILES string of the molecule is CCCC[C@H](NN[C@@H](CCCCN)C(=O)O)C(=O)O.NCc1ccccc1C(=O)O. The first kappa shape index (κ1) is 27.5. The van der Waals surface area contributed by atoms with Crippen LogP contribution in [0.1, 0.15) is 61.4 Å². The van der Waals surface area contributed by atoms with E-state index in [4.69, 9.17) is 26.8 Å². The first-order valence-electron chi connectivity index (χ1n) is 9.96. The Morgan fingerprint density at radius 3 is 1.83 bits per heavy atom. The van der Waals surface area contributed by atoms with Crippen LogP contribution in [0.2, 0.25) is 0 Å². The van der Waals surface area contributed by atoms with Crippen molar-refractivity contribution in [3.63, 3.8) is 0 Å². The van der Waals surface area contributed by atoms with Gasteiger partial charge in [-0.15, -0.1) is 0 Å². The molecule has 0 radical (unpaired) electrons. The van der Waals surface area contributed by atoms with E-state index in [0.717, 1.165) is 19.3 Å². The lowest BCUT2D eigenvalue weighted by Crippen LogP contribution is -2.52. The van der Waals surface area contributed by atoms with Crippen LogP contribution in [-0.2, 0) is 16.1 Å². The van der Waals surface area contributed by atoms with Gasteiger partial charge in [-0.05, 0) is 43.9 Å². The van der Waals surface area contributed by atoms with Gasteiger partial charge in [-0.1, -0.05) is 38.0 Å². The zero-order chi connectivity index (χ0) is 22.9. The van der Waals surface area contributed by atoms with Crippen LogP contribution in [-0.4, -0.2) is 51.9 Å². The van der Waals surface area contributed by atoms with E-state index in [2.05, 4.69) is 10.9 Å². The molecule has 10 nitrogen and oxygen atoms in total. The van der Waals surface area contributed by atoms with E-state index in [0.29, 0.717) is 31.4 Å². The number of carboxylic acid groups (broad SMARTS) is 3. The second-order valence-electron chi connectivity index (χ2n) is 6.66. The number of unbranched alkanes of at least 4 members (excludes halogenated alkanes) is 2. The summed E-state index contributed by atoms with van der Waals surface area (Å²) in [7, 11) is 0. The molecule has 0 amide bonds. The number of aromatic carboxylic acids is 1. The molecule has 0 saturated heterocycles. The highest BCUT2D eigenvalue weighted by atomic mass is 16.4. The summed E-state index contributed by atoms with van der Waals surface area (Å²) in [4.78, 5) is 32.5. The number of nitrogens with two attached hydrogens (primary N) is 2. The summed E-state index contributed by atoms with van der Waals surface area (Å²) in [6.07, 6.45) is 3.99. The largest absolute Gasteiger partial charge is 0.480 e. The van der Waals surface area contributed by atoms with E-state index in [1.165, 1.54) is 0 Å². The lowest BCUT2D eigenvalue weighted by molar-refractivity contribution is -0.143. The van der Waals surface area contributed by atoms with Gasteiger partial charge < -0.3 is 26.8 Å². The molecule has 1 aromatic rings. The van der Waals surface area contributed by atoms with Crippen molar-refractivity contribution < 1.29 is 29.7 Å². The number of hydrazine groups is 1. The van der Waals surface area contributed by atoms with Crippen LogP contribution in [0.3, 0.4) is 0 Å². The number of rotatable bonds is 14. The van der Waals surface area contributed by atoms with E-state index in [1.54, 1.807) is 24.3 Å². The molecule has 0 heterocycles. The fraction of sp³-hybridized carbons (Fsp3) is 0.550. The average Bonchev–Trinajstić information content (AvgIpc) is 2.72. The molecule has 1 rings (SSSR count). The molecular weight excluding hydrogens is 392 g/mol. The van der Waals surface area contributed by atoms with Crippen LogP contribution in [0.15, 0.2) is 24.3 Å². The molecule has 0 aliphatic heterocycles. The molecule has 0 spiro atoms. The molecule has 9 N–H and O–H groups in total. The van der Waals surface area contributed by atoms with Crippen LogP contribution in [0.5, 0.6) is 0 Å². The molecule has 10 heteroatoms. The Hall–Kier alpha value is -2.53. The Morgan fingerprint density at radius 1 is 0.900 bits per heavy atom. The van der Waals surface area contributed by atoms with Gasteiger partial charge in [-0.2, -0.15) is 0 Å². The third-order valence-electron chi connectivity index (χ3n) is 4.29. The van der Waals surface area contributed by atoms with Crippen LogP contribution < -0.4 is 22.3 Å². The third kappa shape index (κ3) is 11.5. The van der Waals surface area contributed by atoms with E-state index in [-0.39, 0.29) is 12.1 Å². The Morgan fingerprint density at radius 2 is 1.43 bits per heavy atom. The van der Waals surface area contributed by atoms with Gasteiger partial charge in [0.15, 0.2) is 0 Å². The minimum absolute atomic E-state index is 0.266. The average molecular weight is 427 g/mol. The van der Waals surface area contributed by atoms with Crippen molar-refractivity contribution in [2.24, 2.45) is 11.5 Å². The summed E-state index contributed by atoms with van der Waals surface area (Å²) in [6.45, 7) is 2.76. The minimum Gasteiger partial charge on any atom is -0.480 e. The van der Waals surface area contributed by atoms with Gasteiger partial charge in [0.2, 0.25) is 0 Å². The summed E-state index contributed by atoms with van der Waals surface area (Å²) < 4.78 is 0. The molecule has 0 fully saturated rings. The predicted molar refractivity (Wildman–Crippen MR) is 113 cm³/mol. The highest BCUT2D eigenvalue weighted by molar-refractivity contribution is 5.89. The quantitative estimate of drug-likeness (QED) is 0.168. The van der Waals surface area contributed by atoms with Gasteiger partial charge in [0.05, 0.1) is 5.56 Å². The van der Waals surface area contributed by atoms with Crippen molar-refractivity contribution in [1.82, 2.24) is 10.9 Å². The minimum atomic E-state index is -0.996. The van der Waals surface area contributed by atoms with Crippen LogP contribution in [0.25, 0.3) is 0 Å². The van der Waals surface area contributed by atoms with E-state index in [1.807, 2.05) is 6.92 Å². The number of benzene rings is 1. The van der Waals surface area contributed by atoms with Gasteiger partial charge >= 0.3 is 17.9 Å². The molecule has 0 saturated carbocycles. The van der Waals surface area contributed by atoms with E-state index >= 15 is 0 Å². The Bertz CT molecular complexity index is 656. The van der Waals surface area contributed by atoms with Crippen molar-refractivity contribution in [3.05, 3.63) is 35.4 Å². The van der Waals surface area contributed by atoms with Gasteiger partial charge in [0.25, 0.3) is 0 Å². The van der Waals surface area contributed by atoms with Crippen LogP contribution in [0, 0.1) is 0 Å². The molecule has 170 valence electrons. The van der Waals surface area contributed by atoms with Crippen LogP contribution in [0.4, 0.5) is 0 Å². The van der Waals surface area contributed by atoms with Crippen molar-refractivity contribution in [2.45, 2.75) is 64.1 Å². The topological polar surface area (TPSA) is 188 Å².